The lowest BCUT2D eigenvalue weighted by molar-refractivity contribution is -0.138. The topological polar surface area (TPSA) is 75.4 Å². The average molecular weight is 322 g/mol. The monoisotopic (exact) mass is 321 g/mol. The summed E-state index contributed by atoms with van der Waals surface area (Å²) in [4.78, 5) is 25.5. The molecule has 2 aliphatic rings. The molecule has 0 aliphatic carbocycles. The van der Waals surface area contributed by atoms with Gasteiger partial charge in [-0.15, -0.1) is 12.4 Å². The number of halogens is 1. The van der Waals surface area contributed by atoms with Crippen LogP contribution in [0.25, 0.3) is 0 Å². The van der Waals surface area contributed by atoms with Crippen molar-refractivity contribution in [3.63, 3.8) is 0 Å². The van der Waals surface area contributed by atoms with Crippen LogP contribution in [0.1, 0.15) is 26.2 Å². The van der Waals surface area contributed by atoms with E-state index < -0.39 is 0 Å². The molecule has 0 radical (unpaired) electrons. The second-order valence-corrected chi connectivity index (χ2v) is 6.65. The number of piperidine rings is 1. The minimum atomic E-state index is -0.281. The zero-order chi connectivity index (χ0) is 13.8. The normalized spacial score (nSPS) is 30.4. The average Bonchev–Trinajstić information content (AvgIpc) is 2.40. The van der Waals surface area contributed by atoms with Gasteiger partial charge in [-0.25, -0.2) is 0 Å². The number of hydrogen-bond donors (Lipinski definition) is 2. The van der Waals surface area contributed by atoms with Crippen LogP contribution in [0.5, 0.6) is 0 Å². The molecule has 5 nitrogen and oxygen atoms in total. The summed E-state index contributed by atoms with van der Waals surface area (Å²) >= 11 is 1.89. The highest BCUT2D eigenvalue weighted by Gasteiger charge is 2.32. The third kappa shape index (κ3) is 4.53. The summed E-state index contributed by atoms with van der Waals surface area (Å²) in [6.45, 7) is 3.52. The van der Waals surface area contributed by atoms with E-state index in [0.717, 1.165) is 30.9 Å². The van der Waals surface area contributed by atoms with Crippen LogP contribution in [0, 0.1) is 5.92 Å². The van der Waals surface area contributed by atoms with Gasteiger partial charge in [-0.2, -0.15) is 11.8 Å². The largest absolute Gasteiger partial charge is 0.369 e. The maximum Gasteiger partial charge on any atom is 0.224 e. The number of likely N-dealkylation sites (tertiary alicyclic amines) is 1. The number of carbonyl (C=O) groups excluding carboxylic acids is 2. The molecular formula is C13H24ClN3O2S. The van der Waals surface area contributed by atoms with Gasteiger partial charge in [0, 0.05) is 43.1 Å². The van der Waals surface area contributed by atoms with Crippen molar-refractivity contribution in [1.29, 1.82) is 0 Å². The molecule has 116 valence electrons. The molecule has 2 aliphatic heterocycles. The second-order valence-electron chi connectivity index (χ2n) is 5.50. The van der Waals surface area contributed by atoms with Crippen LogP contribution in [0.3, 0.4) is 0 Å². The number of thioether (sulfide) groups is 1. The van der Waals surface area contributed by atoms with Crippen molar-refractivity contribution >= 4 is 36.0 Å². The zero-order valence-corrected chi connectivity index (χ0v) is 13.5. The van der Waals surface area contributed by atoms with Gasteiger partial charge in [0.05, 0.1) is 5.92 Å². The number of carbonyl (C=O) groups is 2. The van der Waals surface area contributed by atoms with Gasteiger partial charge in [0.15, 0.2) is 0 Å². The van der Waals surface area contributed by atoms with Gasteiger partial charge >= 0.3 is 0 Å². The summed E-state index contributed by atoms with van der Waals surface area (Å²) in [5.41, 5.74) is 5.37. The molecule has 20 heavy (non-hydrogen) atoms. The van der Waals surface area contributed by atoms with E-state index in [4.69, 9.17) is 5.73 Å². The number of hydrogen-bond acceptors (Lipinski definition) is 4. The van der Waals surface area contributed by atoms with Crippen LogP contribution in [0.15, 0.2) is 0 Å². The lowest BCUT2D eigenvalue weighted by Gasteiger charge is -2.38. The molecule has 2 fully saturated rings. The fourth-order valence-corrected chi connectivity index (χ4v) is 3.71. The molecule has 2 heterocycles. The maximum absolute atomic E-state index is 12.4. The second kappa shape index (κ2) is 8.10. The molecule has 3 N–H and O–H groups in total. The van der Waals surface area contributed by atoms with Crippen molar-refractivity contribution in [2.45, 2.75) is 38.3 Å². The van der Waals surface area contributed by atoms with E-state index in [1.165, 1.54) is 0 Å². The summed E-state index contributed by atoms with van der Waals surface area (Å²) in [7, 11) is 0. The molecule has 2 saturated heterocycles. The van der Waals surface area contributed by atoms with Gasteiger partial charge in [-0.1, -0.05) is 0 Å². The molecule has 2 rings (SSSR count). The Labute approximate surface area is 130 Å². The number of primary amides is 1. The van der Waals surface area contributed by atoms with Gasteiger partial charge in [-0.3, -0.25) is 9.59 Å². The Hall–Kier alpha value is -0.460. The third-order valence-corrected chi connectivity index (χ3v) is 5.16. The highest BCUT2D eigenvalue weighted by molar-refractivity contribution is 7.99. The SMILES string of the molecule is CC1CCC(C(N)=O)CN1C(=O)CC1CSCCN1.Cl. The molecule has 0 aromatic heterocycles. The lowest BCUT2D eigenvalue weighted by atomic mass is 9.92. The van der Waals surface area contributed by atoms with Crippen molar-refractivity contribution < 1.29 is 9.59 Å². The summed E-state index contributed by atoms with van der Waals surface area (Å²) in [6, 6.07) is 0.492. The van der Waals surface area contributed by atoms with Gasteiger partial charge < -0.3 is 16.0 Å². The summed E-state index contributed by atoms with van der Waals surface area (Å²) in [5.74, 6) is 1.81. The predicted octanol–water partition coefficient (Wildman–Crippen LogP) is 0.616. The van der Waals surface area contributed by atoms with Crippen molar-refractivity contribution in [1.82, 2.24) is 10.2 Å². The van der Waals surface area contributed by atoms with Gasteiger partial charge in [0.25, 0.3) is 0 Å². The Morgan fingerprint density at radius 2 is 2.15 bits per heavy atom. The van der Waals surface area contributed by atoms with E-state index >= 15 is 0 Å². The molecule has 7 heteroatoms. The first-order valence-electron chi connectivity index (χ1n) is 6.98. The van der Waals surface area contributed by atoms with E-state index in [1.54, 1.807) is 0 Å². The minimum absolute atomic E-state index is 0. The fraction of sp³-hybridized carbons (Fsp3) is 0.846. The maximum atomic E-state index is 12.4. The summed E-state index contributed by atoms with van der Waals surface area (Å²) < 4.78 is 0. The first-order chi connectivity index (χ1) is 9.08. The van der Waals surface area contributed by atoms with Crippen molar-refractivity contribution in [3.05, 3.63) is 0 Å². The van der Waals surface area contributed by atoms with Crippen LogP contribution in [-0.2, 0) is 9.59 Å². The molecule has 3 unspecified atom stereocenters. The third-order valence-electron chi connectivity index (χ3n) is 4.02. The Kier molecular flexibility index (Phi) is 7.12. The number of nitrogens with zero attached hydrogens (tertiary/aromatic N) is 1. The zero-order valence-electron chi connectivity index (χ0n) is 11.8. The van der Waals surface area contributed by atoms with E-state index in [0.29, 0.717) is 13.0 Å². The summed E-state index contributed by atoms with van der Waals surface area (Å²) in [5, 5.41) is 3.38. The van der Waals surface area contributed by atoms with Crippen molar-refractivity contribution in [2.75, 3.05) is 24.6 Å². The number of nitrogens with one attached hydrogen (secondary N) is 1. The lowest BCUT2D eigenvalue weighted by Crippen LogP contribution is -2.50. The van der Waals surface area contributed by atoms with Gasteiger partial charge in [0.2, 0.25) is 11.8 Å². The van der Waals surface area contributed by atoms with Crippen molar-refractivity contribution in [3.8, 4) is 0 Å². The van der Waals surface area contributed by atoms with E-state index in [2.05, 4.69) is 12.2 Å². The van der Waals surface area contributed by atoms with Crippen LogP contribution in [0.2, 0.25) is 0 Å². The number of amides is 2. The Balaban J connectivity index is 0.00000200. The number of nitrogens with two attached hydrogens (primary N) is 1. The molecule has 3 atom stereocenters. The molecular weight excluding hydrogens is 298 g/mol. The van der Waals surface area contributed by atoms with Crippen molar-refractivity contribution in [2.24, 2.45) is 11.7 Å². The Morgan fingerprint density at radius 1 is 1.40 bits per heavy atom. The van der Waals surface area contributed by atoms with E-state index in [9.17, 15) is 9.59 Å². The van der Waals surface area contributed by atoms with Crippen LogP contribution in [0.4, 0.5) is 0 Å². The van der Waals surface area contributed by atoms with Crippen LogP contribution in [-0.4, -0.2) is 53.4 Å². The molecule has 0 spiro atoms. The van der Waals surface area contributed by atoms with Crippen LogP contribution < -0.4 is 11.1 Å². The van der Waals surface area contributed by atoms with E-state index in [-0.39, 0.29) is 42.2 Å². The van der Waals surface area contributed by atoms with Gasteiger partial charge in [0.1, 0.15) is 0 Å². The highest BCUT2D eigenvalue weighted by Crippen LogP contribution is 2.23. The molecule has 0 saturated carbocycles. The number of rotatable bonds is 3. The molecule has 0 aromatic carbocycles. The first-order valence-corrected chi connectivity index (χ1v) is 8.13. The highest BCUT2D eigenvalue weighted by atomic mass is 35.5. The first kappa shape index (κ1) is 17.6. The quantitative estimate of drug-likeness (QED) is 0.799. The Morgan fingerprint density at radius 3 is 2.75 bits per heavy atom. The predicted molar refractivity (Wildman–Crippen MR) is 84.1 cm³/mol. The standard InChI is InChI=1S/C13H23N3O2S.ClH/c1-9-2-3-10(13(14)18)7-16(9)12(17)6-11-8-19-5-4-15-11;/h9-11,15H,2-8H2,1H3,(H2,14,18);1H. The van der Waals surface area contributed by atoms with E-state index in [1.807, 2.05) is 16.7 Å². The summed E-state index contributed by atoms with van der Waals surface area (Å²) in [6.07, 6.45) is 2.20. The van der Waals surface area contributed by atoms with Gasteiger partial charge in [-0.05, 0) is 19.8 Å². The van der Waals surface area contributed by atoms with Crippen LogP contribution >= 0.6 is 24.2 Å². The molecule has 0 bridgehead atoms. The molecule has 2 amide bonds. The fourth-order valence-electron chi connectivity index (χ4n) is 2.77. The minimum Gasteiger partial charge on any atom is -0.369 e. The molecule has 0 aromatic rings. The smallest absolute Gasteiger partial charge is 0.224 e. The Bertz CT molecular complexity index is 351.